The summed E-state index contributed by atoms with van der Waals surface area (Å²) in [5, 5.41) is 21.8. The molecule has 0 saturated heterocycles. The van der Waals surface area contributed by atoms with Crippen LogP contribution in [0.1, 0.15) is 11.1 Å². The predicted octanol–water partition coefficient (Wildman–Crippen LogP) is 3.05. The number of benzene rings is 2. The summed E-state index contributed by atoms with van der Waals surface area (Å²) >= 11 is 0. The van der Waals surface area contributed by atoms with Gasteiger partial charge in [0.2, 0.25) is 5.82 Å². The third-order valence-corrected chi connectivity index (χ3v) is 3.13. The molecular formula is C15H12F3NO4. The minimum Gasteiger partial charge on any atom is -0.504 e. The van der Waals surface area contributed by atoms with Gasteiger partial charge in [0.15, 0.2) is 28.9 Å². The smallest absolute Gasteiger partial charge is 0.203 e. The highest BCUT2D eigenvalue weighted by Crippen LogP contribution is 2.31. The van der Waals surface area contributed by atoms with Gasteiger partial charge in [-0.1, -0.05) is 5.16 Å². The van der Waals surface area contributed by atoms with Crippen LogP contribution in [0.4, 0.5) is 13.2 Å². The van der Waals surface area contributed by atoms with Crippen molar-refractivity contribution in [3.05, 3.63) is 52.8 Å². The molecule has 0 aliphatic rings. The van der Waals surface area contributed by atoms with Gasteiger partial charge >= 0.3 is 0 Å². The molecule has 0 heterocycles. The Labute approximate surface area is 129 Å². The van der Waals surface area contributed by atoms with Crippen molar-refractivity contribution in [2.75, 3.05) is 14.2 Å². The molecule has 2 aromatic carbocycles. The highest BCUT2D eigenvalue weighted by Gasteiger charge is 2.24. The molecule has 23 heavy (non-hydrogen) atoms. The van der Waals surface area contributed by atoms with Crippen molar-refractivity contribution >= 4 is 5.71 Å². The van der Waals surface area contributed by atoms with Crippen LogP contribution in [-0.2, 0) is 0 Å². The molecule has 0 radical (unpaired) electrons. The summed E-state index contributed by atoms with van der Waals surface area (Å²) < 4.78 is 50.7. The predicted molar refractivity (Wildman–Crippen MR) is 75.0 cm³/mol. The summed E-state index contributed by atoms with van der Waals surface area (Å²) in [7, 11) is 2.30. The molecule has 0 aliphatic carbocycles. The molecule has 8 heteroatoms. The van der Waals surface area contributed by atoms with E-state index in [9.17, 15) is 18.3 Å². The number of phenolic OH excluding ortho intramolecular Hbond substituents is 1. The lowest BCUT2D eigenvalue weighted by molar-refractivity contribution is 0.318. The van der Waals surface area contributed by atoms with E-state index in [1.54, 1.807) is 0 Å². The van der Waals surface area contributed by atoms with E-state index in [2.05, 4.69) is 9.89 Å². The van der Waals surface area contributed by atoms with Gasteiger partial charge in [-0.05, 0) is 24.3 Å². The van der Waals surface area contributed by atoms with Gasteiger partial charge in [-0.25, -0.2) is 8.78 Å². The van der Waals surface area contributed by atoms with Crippen LogP contribution >= 0.6 is 0 Å². The number of phenols is 1. The standard InChI is InChI=1S/C15H12F3NO4/c1-22-11-4-3-7(5-10(11)20)14(19-21)8-6-9(16)13(18)15(23-2)12(8)17/h3-6,20-21H,1-2H3/b19-14-. The van der Waals surface area contributed by atoms with E-state index in [-0.39, 0.29) is 17.1 Å². The highest BCUT2D eigenvalue weighted by atomic mass is 19.2. The number of ether oxygens (including phenoxy) is 2. The van der Waals surface area contributed by atoms with E-state index in [0.717, 1.165) is 13.2 Å². The Bertz CT molecular complexity index is 778. The summed E-state index contributed by atoms with van der Waals surface area (Å²) in [6.07, 6.45) is 0. The molecule has 122 valence electrons. The molecule has 2 aromatic rings. The van der Waals surface area contributed by atoms with E-state index in [1.165, 1.54) is 19.2 Å². The summed E-state index contributed by atoms with van der Waals surface area (Å²) in [6.45, 7) is 0. The molecule has 2 N–H and O–H groups in total. The zero-order chi connectivity index (χ0) is 17.1. The number of halogens is 3. The van der Waals surface area contributed by atoms with Crippen LogP contribution in [0.3, 0.4) is 0 Å². The molecule has 0 aromatic heterocycles. The first-order valence-electron chi connectivity index (χ1n) is 6.25. The fraction of sp³-hybridized carbons (Fsp3) is 0.133. The van der Waals surface area contributed by atoms with Crippen LogP contribution in [0.25, 0.3) is 0 Å². The number of hydrogen-bond donors (Lipinski definition) is 2. The number of methoxy groups -OCH3 is 2. The van der Waals surface area contributed by atoms with Crippen molar-refractivity contribution < 1.29 is 33.0 Å². The van der Waals surface area contributed by atoms with Crippen molar-refractivity contribution in [2.24, 2.45) is 5.16 Å². The first-order chi connectivity index (χ1) is 10.9. The van der Waals surface area contributed by atoms with E-state index >= 15 is 0 Å². The van der Waals surface area contributed by atoms with Gasteiger partial charge in [-0.15, -0.1) is 0 Å². The summed E-state index contributed by atoms with van der Waals surface area (Å²) in [4.78, 5) is 0. The SMILES string of the molecule is COc1ccc(/C(=N/O)c2cc(F)c(F)c(OC)c2F)cc1O. The molecule has 0 amide bonds. The van der Waals surface area contributed by atoms with E-state index in [1.807, 2.05) is 0 Å². The number of nitrogens with zero attached hydrogens (tertiary/aromatic N) is 1. The minimum absolute atomic E-state index is 0.0535. The average Bonchev–Trinajstić information content (AvgIpc) is 2.53. The second-order valence-electron chi connectivity index (χ2n) is 4.40. The Balaban J connectivity index is 2.64. The molecule has 0 fully saturated rings. The molecule has 0 bridgehead atoms. The number of aromatic hydroxyl groups is 1. The fourth-order valence-electron chi connectivity index (χ4n) is 2.04. The number of hydrogen-bond acceptors (Lipinski definition) is 5. The van der Waals surface area contributed by atoms with Crippen LogP contribution in [-0.4, -0.2) is 30.2 Å². The van der Waals surface area contributed by atoms with E-state index in [0.29, 0.717) is 6.07 Å². The van der Waals surface area contributed by atoms with Gasteiger partial charge in [0.1, 0.15) is 5.71 Å². The van der Waals surface area contributed by atoms with Crippen LogP contribution < -0.4 is 9.47 Å². The maximum atomic E-state index is 14.3. The lowest BCUT2D eigenvalue weighted by Gasteiger charge is -2.12. The Hall–Kier alpha value is -2.90. The van der Waals surface area contributed by atoms with Crippen molar-refractivity contribution in [2.45, 2.75) is 0 Å². The zero-order valence-electron chi connectivity index (χ0n) is 12.1. The molecule has 0 unspecified atom stereocenters. The maximum Gasteiger partial charge on any atom is 0.203 e. The fourth-order valence-corrected chi connectivity index (χ4v) is 2.04. The van der Waals surface area contributed by atoms with Gasteiger partial charge in [0.25, 0.3) is 0 Å². The van der Waals surface area contributed by atoms with Crippen LogP contribution in [0.5, 0.6) is 17.2 Å². The molecule has 0 aliphatic heterocycles. The first kappa shape index (κ1) is 16.5. The second kappa shape index (κ2) is 6.47. The van der Waals surface area contributed by atoms with Gasteiger partial charge < -0.3 is 19.8 Å². The third kappa shape index (κ3) is 2.87. The first-order valence-corrected chi connectivity index (χ1v) is 6.25. The lowest BCUT2D eigenvalue weighted by Crippen LogP contribution is -2.10. The highest BCUT2D eigenvalue weighted by molar-refractivity contribution is 6.13. The van der Waals surface area contributed by atoms with E-state index in [4.69, 9.17) is 9.94 Å². The van der Waals surface area contributed by atoms with Gasteiger partial charge in [-0.3, -0.25) is 0 Å². The molecule has 0 atom stereocenters. The topological polar surface area (TPSA) is 71.3 Å². The van der Waals surface area contributed by atoms with Gasteiger partial charge in [0, 0.05) is 11.1 Å². The van der Waals surface area contributed by atoms with Crippen LogP contribution in [0, 0.1) is 17.5 Å². The normalized spacial score (nSPS) is 11.4. The summed E-state index contributed by atoms with van der Waals surface area (Å²) in [5.41, 5.74) is -0.900. The third-order valence-electron chi connectivity index (χ3n) is 3.13. The molecule has 0 saturated carbocycles. The van der Waals surface area contributed by atoms with Crippen LogP contribution in [0.15, 0.2) is 29.4 Å². The molecule has 5 nitrogen and oxygen atoms in total. The quantitative estimate of drug-likeness (QED) is 0.392. The van der Waals surface area contributed by atoms with Crippen molar-refractivity contribution in [1.82, 2.24) is 0 Å². The summed E-state index contributed by atoms with van der Waals surface area (Å²) in [6, 6.07) is 4.34. The van der Waals surface area contributed by atoms with Gasteiger partial charge in [0.05, 0.1) is 14.2 Å². The van der Waals surface area contributed by atoms with Crippen LogP contribution in [0.2, 0.25) is 0 Å². The molecule has 2 rings (SSSR count). The van der Waals surface area contributed by atoms with Crippen molar-refractivity contribution in [3.63, 3.8) is 0 Å². The second-order valence-corrected chi connectivity index (χ2v) is 4.40. The van der Waals surface area contributed by atoms with Crippen molar-refractivity contribution in [3.8, 4) is 17.2 Å². The van der Waals surface area contributed by atoms with Gasteiger partial charge in [-0.2, -0.15) is 4.39 Å². The zero-order valence-corrected chi connectivity index (χ0v) is 12.1. The maximum absolute atomic E-state index is 14.3. The minimum atomic E-state index is -1.50. The Morgan fingerprint density at radius 1 is 1.04 bits per heavy atom. The van der Waals surface area contributed by atoms with Crippen molar-refractivity contribution in [1.29, 1.82) is 0 Å². The summed E-state index contributed by atoms with van der Waals surface area (Å²) in [5.74, 6) is -5.23. The average molecular weight is 327 g/mol. The Morgan fingerprint density at radius 3 is 2.26 bits per heavy atom. The largest absolute Gasteiger partial charge is 0.504 e. The number of rotatable bonds is 4. The lowest BCUT2D eigenvalue weighted by atomic mass is 10.0. The Morgan fingerprint density at radius 2 is 1.74 bits per heavy atom. The Kier molecular flexibility index (Phi) is 4.63. The van der Waals surface area contributed by atoms with E-state index < -0.39 is 34.5 Å². The molecule has 0 spiro atoms. The molecular weight excluding hydrogens is 315 g/mol. The monoisotopic (exact) mass is 327 g/mol. The number of oxime groups is 1.